The van der Waals surface area contributed by atoms with Crippen LogP contribution in [0.1, 0.15) is 16.7 Å². The molecule has 0 aliphatic carbocycles. The maximum absolute atomic E-state index is 11.2. The highest BCUT2D eigenvalue weighted by Crippen LogP contribution is 2.37. The molecule has 0 radical (unpaired) electrons. The SMILES string of the molecule is COc1ccc(C(NCC=O)(c2ccccc2)c2ccccc2)cc1. The molecule has 0 spiro atoms. The number of ether oxygens (including phenoxy) is 1. The molecule has 3 aromatic carbocycles. The molecule has 25 heavy (non-hydrogen) atoms. The first-order valence-electron chi connectivity index (χ1n) is 8.25. The zero-order valence-electron chi connectivity index (χ0n) is 14.2. The maximum atomic E-state index is 11.2. The Morgan fingerprint density at radius 3 is 1.72 bits per heavy atom. The lowest BCUT2D eigenvalue weighted by Gasteiger charge is -2.36. The van der Waals surface area contributed by atoms with Gasteiger partial charge in [0.25, 0.3) is 0 Å². The highest BCUT2D eigenvalue weighted by atomic mass is 16.5. The maximum Gasteiger partial charge on any atom is 0.133 e. The van der Waals surface area contributed by atoms with Crippen LogP contribution in [0.4, 0.5) is 0 Å². The van der Waals surface area contributed by atoms with Gasteiger partial charge in [-0.1, -0.05) is 72.8 Å². The van der Waals surface area contributed by atoms with E-state index in [-0.39, 0.29) is 6.54 Å². The topological polar surface area (TPSA) is 38.3 Å². The Bertz CT molecular complexity index is 759. The number of rotatable bonds is 7. The molecule has 0 amide bonds. The Hall–Kier alpha value is -2.91. The molecule has 3 nitrogen and oxygen atoms in total. The van der Waals surface area contributed by atoms with Gasteiger partial charge in [0.1, 0.15) is 12.0 Å². The van der Waals surface area contributed by atoms with Crippen LogP contribution >= 0.6 is 0 Å². The summed E-state index contributed by atoms with van der Waals surface area (Å²) in [4.78, 5) is 11.2. The van der Waals surface area contributed by atoms with Crippen LogP contribution < -0.4 is 10.1 Å². The van der Waals surface area contributed by atoms with Crippen molar-refractivity contribution in [1.82, 2.24) is 5.32 Å². The average Bonchev–Trinajstić information content (AvgIpc) is 2.71. The molecule has 3 rings (SSSR count). The molecule has 0 saturated heterocycles. The van der Waals surface area contributed by atoms with Crippen LogP contribution in [0, 0.1) is 0 Å². The molecule has 0 fully saturated rings. The number of hydrogen-bond donors (Lipinski definition) is 1. The zero-order valence-corrected chi connectivity index (χ0v) is 14.2. The fraction of sp³-hybridized carbons (Fsp3) is 0.136. The van der Waals surface area contributed by atoms with Crippen LogP contribution in [0.25, 0.3) is 0 Å². The van der Waals surface area contributed by atoms with Crippen LogP contribution in [-0.2, 0) is 10.3 Å². The molecule has 0 aliphatic rings. The van der Waals surface area contributed by atoms with Crippen molar-refractivity contribution in [3.8, 4) is 5.75 Å². The number of carbonyl (C=O) groups excluding carboxylic acids is 1. The van der Waals surface area contributed by atoms with Crippen LogP contribution in [0.15, 0.2) is 84.9 Å². The highest BCUT2D eigenvalue weighted by Gasteiger charge is 2.35. The third kappa shape index (κ3) is 3.32. The van der Waals surface area contributed by atoms with Gasteiger partial charge in [-0.15, -0.1) is 0 Å². The van der Waals surface area contributed by atoms with E-state index >= 15 is 0 Å². The number of benzene rings is 3. The lowest BCUT2D eigenvalue weighted by atomic mass is 9.77. The van der Waals surface area contributed by atoms with Crippen molar-refractivity contribution in [2.45, 2.75) is 5.54 Å². The Morgan fingerprint density at radius 1 is 0.800 bits per heavy atom. The number of hydrogen-bond acceptors (Lipinski definition) is 3. The number of nitrogens with one attached hydrogen (secondary N) is 1. The Kier molecular flexibility index (Phi) is 5.26. The number of carbonyl (C=O) groups is 1. The second kappa shape index (κ2) is 7.77. The van der Waals surface area contributed by atoms with E-state index in [4.69, 9.17) is 4.74 Å². The molecular weight excluding hydrogens is 310 g/mol. The summed E-state index contributed by atoms with van der Waals surface area (Å²) in [6.07, 6.45) is 0.893. The average molecular weight is 331 g/mol. The van der Waals surface area contributed by atoms with E-state index in [0.29, 0.717) is 0 Å². The third-order valence-corrected chi connectivity index (χ3v) is 4.39. The van der Waals surface area contributed by atoms with Crippen molar-refractivity contribution < 1.29 is 9.53 Å². The van der Waals surface area contributed by atoms with Gasteiger partial charge >= 0.3 is 0 Å². The van der Waals surface area contributed by atoms with Gasteiger partial charge < -0.3 is 9.53 Å². The molecule has 3 heteroatoms. The summed E-state index contributed by atoms with van der Waals surface area (Å²) in [5.41, 5.74) is 2.59. The quantitative estimate of drug-likeness (QED) is 0.529. The normalized spacial score (nSPS) is 11.1. The molecule has 0 aliphatic heterocycles. The summed E-state index contributed by atoms with van der Waals surface area (Å²) in [7, 11) is 1.65. The van der Waals surface area contributed by atoms with Gasteiger partial charge in [-0.25, -0.2) is 0 Å². The predicted octanol–water partition coefficient (Wildman–Crippen LogP) is 3.78. The van der Waals surface area contributed by atoms with Crippen molar-refractivity contribution >= 4 is 6.29 Å². The lowest BCUT2D eigenvalue weighted by molar-refractivity contribution is -0.107. The first-order valence-corrected chi connectivity index (χ1v) is 8.25. The number of methoxy groups -OCH3 is 1. The van der Waals surface area contributed by atoms with Gasteiger partial charge in [0, 0.05) is 0 Å². The van der Waals surface area contributed by atoms with Gasteiger partial charge in [-0.3, -0.25) is 5.32 Å². The van der Waals surface area contributed by atoms with E-state index in [1.807, 2.05) is 60.7 Å². The molecule has 126 valence electrons. The monoisotopic (exact) mass is 331 g/mol. The minimum atomic E-state index is -0.615. The summed E-state index contributed by atoms with van der Waals surface area (Å²) < 4.78 is 5.30. The van der Waals surface area contributed by atoms with E-state index in [9.17, 15) is 4.79 Å². The summed E-state index contributed by atoms with van der Waals surface area (Å²) in [5, 5.41) is 3.46. The molecule has 0 saturated carbocycles. The fourth-order valence-corrected chi connectivity index (χ4v) is 3.22. The number of aldehydes is 1. The molecule has 0 unspecified atom stereocenters. The first-order chi connectivity index (χ1) is 12.3. The molecule has 0 aromatic heterocycles. The smallest absolute Gasteiger partial charge is 0.133 e. The lowest BCUT2D eigenvalue weighted by Crippen LogP contribution is -2.45. The Labute approximate surface area is 148 Å². The van der Waals surface area contributed by atoms with E-state index in [2.05, 4.69) is 29.6 Å². The Morgan fingerprint density at radius 2 is 1.28 bits per heavy atom. The second-order valence-electron chi connectivity index (χ2n) is 5.76. The van der Waals surface area contributed by atoms with Crippen molar-refractivity contribution in [3.63, 3.8) is 0 Å². The highest BCUT2D eigenvalue weighted by molar-refractivity contribution is 5.56. The fourth-order valence-electron chi connectivity index (χ4n) is 3.22. The molecule has 0 heterocycles. The largest absolute Gasteiger partial charge is 0.497 e. The molecular formula is C22H21NO2. The van der Waals surface area contributed by atoms with Gasteiger partial charge in [0.15, 0.2) is 0 Å². The van der Waals surface area contributed by atoms with Crippen molar-refractivity contribution in [2.75, 3.05) is 13.7 Å². The van der Waals surface area contributed by atoms with Gasteiger partial charge in [-0.05, 0) is 28.8 Å². The summed E-state index contributed by atoms with van der Waals surface area (Å²) in [6, 6.07) is 28.3. The van der Waals surface area contributed by atoms with Crippen LogP contribution in [0.5, 0.6) is 5.75 Å². The molecule has 3 aromatic rings. The minimum Gasteiger partial charge on any atom is -0.497 e. The summed E-state index contributed by atoms with van der Waals surface area (Å²) >= 11 is 0. The standard InChI is InChI=1S/C22H21NO2/c1-25-21-14-12-20(13-15-21)22(23-16-17-24,18-8-4-2-5-9-18)19-10-6-3-7-11-19/h2-15,17,23H,16H2,1H3. The van der Waals surface area contributed by atoms with Crippen molar-refractivity contribution in [3.05, 3.63) is 102 Å². The molecule has 0 atom stereocenters. The molecule has 0 bridgehead atoms. The van der Waals surface area contributed by atoms with Crippen LogP contribution in [0.3, 0.4) is 0 Å². The molecule has 1 N–H and O–H groups in total. The van der Waals surface area contributed by atoms with Crippen LogP contribution in [0.2, 0.25) is 0 Å². The van der Waals surface area contributed by atoms with Gasteiger partial charge in [0.2, 0.25) is 0 Å². The van der Waals surface area contributed by atoms with E-state index in [0.717, 1.165) is 28.7 Å². The first kappa shape index (κ1) is 16.9. The van der Waals surface area contributed by atoms with Gasteiger partial charge in [0.05, 0.1) is 19.2 Å². The van der Waals surface area contributed by atoms with E-state index in [1.165, 1.54) is 0 Å². The zero-order chi connectivity index (χ0) is 17.5. The van der Waals surface area contributed by atoms with Crippen molar-refractivity contribution in [1.29, 1.82) is 0 Å². The van der Waals surface area contributed by atoms with E-state index in [1.54, 1.807) is 7.11 Å². The second-order valence-corrected chi connectivity index (χ2v) is 5.76. The third-order valence-electron chi connectivity index (χ3n) is 4.39. The van der Waals surface area contributed by atoms with E-state index < -0.39 is 5.54 Å². The summed E-state index contributed by atoms with van der Waals surface area (Å²) in [6.45, 7) is 0.246. The van der Waals surface area contributed by atoms with Crippen molar-refractivity contribution in [2.24, 2.45) is 0 Å². The summed E-state index contributed by atoms with van der Waals surface area (Å²) in [5.74, 6) is 0.800. The minimum absolute atomic E-state index is 0.246. The van der Waals surface area contributed by atoms with Gasteiger partial charge in [-0.2, -0.15) is 0 Å². The Balaban J connectivity index is 2.25. The van der Waals surface area contributed by atoms with Crippen LogP contribution in [-0.4, -0.2) is 19.9 Å². The predicted molar refractivity (Wildman–Crippen MR) is 99.8 cm³/mol.